The minimum absolute atomic E-state index is 0.0512. The lowest BCUT2D eigenvalue weighted by Gasteiger charge is -2.17. The van der Waals surface area contributed by atoms with E-state index in [0.29, 0.717) is 18.6 Å². The molecule has 0 amide bonds. The molecule has 29 heavy (non-hydrogen) atoms. The molecule has 0 aromatic heterocycles. The normalized spacial score (nSPS) is 13.8. The number of benzene rings is 2. The topological polar surface area (TPSA) is 78.7 Å². The highest BCUT2D eigenvalue weighted by Gasteiger charge is 2.34. The van der Waals surface area contributed by atoms with Gasteiger partial charge in [0.15, 0.2) is 5.75 Å². The fourth-order valence-corrected chi connectivity index (χ4v) is 5.14. The number of nitrogens with zero attached hydrogens (tertiary/aromatic N) is 1. The molecule has 2 rings (SSSR count). The van der Waals surface area contributed by atoms with Gasteiger partial charge in [-0.15, -0.1) is 0 Å². The van der Waals surface area contributed by atoms with Crippen LogP contribution in [-0.2, 0) is 15.3 Å². The van der Waals surface area contributed by atoms with Crippen LogP contribution in [0.15, 0.2) is 30.3 Å². The third-order valence-electron chi connectivity index (χ3n) is 3.87. The number of hydrogen-bond donors (Lipinski definition) is 0. The first-order valence-electron chi connectivity index (χ1n) is 8.10. The molecule has 2 aromatic rings. The maximum absolute atomic E-state index is 13.0. The summed E-state index contributed by atoms with van der Waals surface area (Å²) in [6, 6.07) is 4.69. The molecule has 12 heteroatoms. The highest BCUT2D eigenvalue weighted by molar-refractivity contribution is 7.67. The van der Waals surface area contributed by atoms with Crippen molar-refractivity contribution in [3.8, 4) is 11.5 Å². The second-order valence-corrected chi connectivity index (χ2v) is 9.31. The Hall–Kier alpha value is -1.80. The summed E-state index contributed by atoms with van der Waals surface area (Å²) < 4.78 is 62.2. The van der Waals surface area contributed by atoms with Crippen LogP contribution in [0.1, 0.15) is 18.9 Å². The Bertz CT molecular complexity index is 961. The lowest BCUT2D eigenvalue weighted by atomic mass is 10.2. The Morgan fingerprint density at radius 2 is 1.76 bits per heavy atom. The molecule has 0 heterocycles. The van der Waals surface area contributed by atoms with Crippen LogP contribution >= 0.6 is 30.6 Å². The number of alkyl halides is 3. The number of halogens is 5. The number of ether oxygens (including phenoxy) is 1. The van der Waals surface area contributed by atoms with Gasteiger partial charge in [0.25, 0.3) is 5.69 Å². The Balaban J connectivity index is 2.54. The van der Waals surface area contributed by atoms with Crippen molar-refractivity contribution in [3.63, 3.8) is 0 Å². The van der Waals surface area contributed by atoms with E-state index in [1.807, 2.05) is 0 Å². The molecule has 0 saturated carbocycles. The summed E-state index contributed by atoms with van der Waals surface area (Å²) in [5.41, 5.74) is -1.49. The monoisotopic (exact) mass is 471 g/mol. The van der Waals surface area contributed by atoms with Crippen molar-refractivity contribution in [2.75, 3.05) is 13.3 Å². The predicted molar refractivity (Wildman–Crippen MR) is 104 cm³/mol. The standard InChI is InChI=1S/C17H15Cl2F3NO5P/c1-3-6-29(26,27-2)15-9-11(4-5-14(15)23(24)25)28-16-12(18)7-10(8-13(16)19)17(20,21)22/h4-5,7-9H,3,6H2,1-2H3. The maximum atomic E-state index is 13.0. The predicted octanol–water partition coefficient (Wildman–Crippen LogP) is 6.67. The zero-order chi connectivity index (χ0) is 22.0. The second-order valence-electron chi connectivity index (χ2n) is 5.86. The van der Waals surface area contributed by atoms with Crippen LogP contribution in [0.5, 0.6) is 11.5 Å². The van der Waals surface area contributed by atoms with E-state index in [1.54, 1.807) is 6.92 Å². The van der Waals surface area contributed by atoms with Gasteiger partial charge in [0.2, 0.25) is 7.37 Å². The average molecular weight is 472 g/mol. The van der Waals surface area contributed by atoms with Gasteiger partial charge in [-0.2, -0.15) is 13.2 Å². The van der Waals surface area contributed by atoms with Gasteiger partial charge >= 0.3 is 6.18 Å². The van der Waals surface area contributed by atoms with Gasteiger partial charge in [0.1, 0.15) is 11.1 Å². The van der Waals surface area contributed by atoms with E-state index in [9.17, 15) is 27.9 Å². The van der Waals surface area contributed by atoms with E-state index in [0.717, 1.165) is 12.1 Å². The minimum atomic E-state index is -4.66. The molecular weight excluding hydrogens is 457 g/mol. The molecule has 0 aliphatic rings. The molecule has 158 valence electrons. The van der Waals surface area contributed by atoms with Crippen molar-refractivity contribution < 1.29 is 31.9 Å². The van der Waals surface area contributed by atoms with Crippen molar-refractivity contribution >= 4 is 41.6 Å². The molecule has 0 fully saturated rings. The van der Waals surface area contributed by atoms with E-state index in [2.05, 4.69) is 0 Å². The lowest BCUT2D eigenvalue weighted by molar-refractivity contribution is -0.383. The zero-order valence-corrected chi connectivity index (χ0v) is 17.5. The SMILES string of the molecule is CCCP(=O)(OC)c1cc(Oc2c(Cl)cc(C(F)(F)F)cc2Cl)ccc1[N+](=O)[O-]. The van der Waals surface area contributed by atoms with Gasteiger partial charge < -0.3 is 9.26 Å². The first kappa shape index (κ1) is 23.5. The number of nitro groups is 1. The number of nitro benzene ring substituents is 1. The zero-order valence-electron chi connectivity index (χ0n) is 15.1. The number of hydrogen-bond acceptors (Lipinski definition) is 5. The van der Waals surface area contributed by atoms with Crippen molar-refractivity contribution in [2.45, 2.75) is 19.5 Å². The smallest absolute Gasteiger partial charge is 0.416 e. The first-order chi connectivity index (χ1) is 13.4. The van der Waals surface area contributed by atoms with Crippen LogP contribution in [0.4, 0.5) is 18.9 Å². The molecule has 0 spiro atoms. The van der Waals surface area contributed by atoms with E-state index >= 15 is 0 Å². The maximum Gasteiger partial charge on any atom is 0.416 e. The molecule has 0 bridgehead atoms. The summed E-state index contributed by atoms with van der Waals surface area (Å²) in [6.45, 7) is 1.74. The average Bonchev–Trinajstić information content (AvgIpc) is 2.63. The molecule has 0 aliphatic heterocycles. The summed E-state index contributed by atoms with van der Waals surface area (Å²) in [5, 5.41) is 10.3. The van der Waals surface area contributed by atoms with Gasteiger partial charge in [-0.1, -0.05) is 30.1 Å². The molecule has 0 aliphatic carbocycles. The fraction of sp³-hybridized carbons (Fsp3) is 0.294. The summed E-state index contributed by atoms with van der Waals surface area (Å²) in [5.74, 6) is -0.327. The van der Waals surface area contributed by atoms with Crippen LogP contribution in [0.2, 0.25) is 10.0 Å². The van der Waals surface area contributed by atoms with Gasteiger partial charge in [-0.3, -0.25) is 14.7 Å². The highest BCUT2D eigenvalue weighted by atomic mass is 35.5. The molecule has 6 nitrogen and oxygen atoms in total. The molecule has 0 saturated heterocycles. The van der Waals surface area contributed by atoms with Gasteiger partial charge in [0, 0.05) is 25.4 Å². The number of rotatable bonds is 7. The van der Waals surface area contributed by atoms with E-state index in [1.165, 1.54) is 13.2 Å². The van der Waals surface area contributed by atoms with Crippen LogP contribution in [0, 0.1) is 10.1 Å². The molecule has 1 unspecified atom stereocenters. The second kappa shape index (κ2) is 8.92. The van der Waals surface area contributed by atoms with Crippen LogP contribution < -0.4 is 10.0 Å². The molecule has 0 radical (unpaired) electrons. The van der Waals surface area contributed by atoms with Crippen molar-refractivity contribution in [3.05, 3.63) is 56.1 Å². The van der Waals surface area contributed by atoms with Crippen LogP contribution in [-0.4, -0.2) is 18.2 Å². The highest BCUT2D eigenvalue weighted by Crippen LogP contribution is 2.49. The molecule has 2 aromatic carbocycles. The Kier molecular flexibility index (Phi) is 7.22. The molecular formula is C17H15Cl2F3NO5P. The molecule has 1 atom stereocenters. The van der Waals surface area contributed by atoms with Crippen molar-refractivity contribution in [2.24, 2.45) is 0 Å². The van der Waals surface area contributed by atoms with Gasteiger partial charge in [0.05, 0.1) is 20.5 Å². The summed E-state index contributed by atoms with van der Waals surface area (Å²) in [4.78, 5) is 10.6. The van der Waals surface area contributed by atoms with Crippen LogP contribution in [0.25, 0.3) is 0 Å². The third kappa shape index (κ3) is 5.22. The Labute approximate surface area is 174 Å². The fourth-order valence-electron chi connectivity index (χ4n) is 2.54. The lowest BCUT2D eigenvalue weighted by Crippen LogP contribution is -2.14. The largest absolute Gasteiger partial charge is 0.454 e. The van der Waals surface area contributed by atoms with E-state index in [-0.39, 0.29) is 23.0 Å². The van der Waals surface area contributed by atoms with E-state index in [4.69, 9.17) is 32.5 Å². The van der Waals surface area contributed by atoms with Gasteiger partial charge in [-0.05, 0) is 24.6 Å². The summed E-state index contributed by atoms with van der Waals surface area (Å²) in [7, 11) is -2.39. The molecule has 0 N–H and O–H groups in total. The quantitative estimate of drug-likeness (QED) is 0.256. The van der Waals surface area contributed by atoms with Crippen molar-refractivity contribution in [1.29, 1.82) is 0 Å². The van der Waals surface area contributed by atoms with Gasteiger partial charge in [-0.25, -0.2) is 0 Å². The minimum Gasteiger partial charge on any atom is -0.454 e. The Morgan fingerprint density at radius 3 is 2.21 bits per heavy atom. The van der Waals surface area contributed by atoms with Crippen LogP contribution in [0.3, 0.4) is 0 Å². The first-order valence-corrected chi connectivity index (χ1v) is 10.7. The van der Waals surface area contributed by atoms with Crippen molar-refractivity contribution in [1.82, 2.24) is 0 Å². The Morgan fingerprint density at radius 1 is 1.17 bits per heavy atom. The summed E-state index contributed by atoms with van der Waals surface area (Å²) in [6.07, 6.45) is -4.17. The summed E-state index contributed by atoms with van der Waals surface area (Å²) >= 11 is 11.8. The van der Waals surface area contributed by atoms with E-state index < -0.39 is 39.8 Å². The third-order valence-corrected chi connectivity index (χ3v) is 7.15.